The summed E-state index contributed by atoms with van der Waals surface area (Å²) in [7, 11) is 1.59. The molecule has 0 heterocycles. The number of rotatable bonds is 10. The van der Waals surface area contributed by atoms with E-state index in [0.29, 0.717) is 42.6 Å². The topological polar surface area (TPSA) is 68.8 Å². The first-order chi connectivity index (χ1) is 13.7. The van der Waals surface area contributed by atoms with Gasteiger partial charge in [-0.2, -0.15) is 0 Å². The van der Waals surface area contributed by atoms with Crippen LogP contribution in [0.4, 0.5) is 5.69 Å². The Kier molecular flexibility index (Phi) is 9.24. The van der Waals surface area contributed by atoms with Crippen LogP contribution in [0, 0.1) is 0 Å². The molecule has 0 bridgehead atoms. The molecule has 0 aliphatic carbocycles. The molecule has 6 nitrogen and oxygen atoms in total. The van der Waals surface area contributed by atoms with Crippen LogP contribution in [0.3, 0.4) is 0 Å². The molecule has 0 aliphatic rings. The standard InChI is InChI=1S/C21H26N2O4S/c1-3-4-13-26-19-12-8-6-10-17(19)22-21(28)23-20(24)16-9-5-7-11-18(16)27-15-14-25-2/h5-12H,3-4,13-15H2,1-2H3,(H2,22,23,24,28). The lowest BCUT2D eigenvalue weighted by Crippen LogP contribution is -2.34. The van der Waals surface area contributed by atoms with Crippen LogP contribution >= 0.6 is 12.2 Å². The van der Waals surface area contributed by atoms with E-state index in [0.717, 1.165) is 12.8 Å². The minimum Gasteiger partial charge on any atom is -0.491 e. The second-order valence-electron chi connectivity index (χ2n) is 5.94. The highest BCUT2D eigenvalue weighted by Gasteiger charge is 2.14. The van der Waals surface area contributed by atoms with Gasteiger partial charge >= 0.3 is 0 Å². The van der Waals surface area contributed by atoms with E-state index in [-0.39, 0.29) is 11.0 Å². The molecule has 0 unspecified atom stereocenters. The summed E-state index contributed by atoms with van der Waals surface area (Å²) in [6.07, 6.45) is 2.02. The van der Waals surface area contributed by atoms with Gasteiger partial charge in [-0.05, 0) is 42.9 Å². The Morgan fingerprint density at radius 1 is 0.964 bits per heavy atom. The van der Waals surface area contributed by atoms with Gasteiger partial charge < -0.3 is 19.5 Å². The first-order valence-electron chi connectivity index (χ1n) is 9.20. The number of carbonyl (C=O) groups is 1. The second kappa shape index (κ2) is 11.9. The molecule has 0 radical (unpaired) electrons. The maximum absolute atomic E-state index is 12.6. The molecular weight excluding hydrogens is 376 g/mol. The number of unbranched alkanes of at least 4 members (excludes halogenated alkanes) is 1. The van der Waals surface area contributed by atoms with E-state index in [9.17, 15) is 4.79 Å². The molecule has 0 aliphatic heterocycles. The highest BCUT2D eigenvalue weighted by molar-refractivity contribution is 7.80. The highest BCUT2D eigenvalue weighted by atomic mass is 32.1. The van der Waals surface area contributed by atoms with E-state index in [2.05, 4.69) is 17.6 Å². The summed E-state index contributed by atoms with van der Waals surface area (Å²) >= 11 is 5.30. The van der Waals surface area contributed by atoms with Crippen molar-refractivity contribution in [2.75, 3.05) is 32.2 Å². The molecule has 0 atom stereocenters. The fourth-order valence-corrected chi connectivity index (χ4v) is 2.56. The van der Waals surface area contributed by atoms with Crippen LogP contribution in [0.2, 0.25) is 0 Å². The van der Waals surface area contributed by atoms with Crippen molar-refractivity contribution in [2.24, 2.45) is 0 Å². The molecule has 0 spiro atoms. The van der Waals surface area contributed by atoms with Crippen LogP contribution in [0.15, 0.2) is 48.5 Å². The largest absolute Gasteiger partial charge is 0.491 e. The van der Waals surface area contributed by atoms with Crippen LogP contribution in [-0.4, -0.2) is 38.0 Å². The normalized spacial score (nSPS) is 10.2. The summed E-state index contributed by atoms with van der Waals surface area (Å²) in [5.74, 6) is 0.814. The quantitative estimate of drug-likeness (QED) is 0.462. The van der Waals surface area contributed by atoms with Gasteiger partial charge in [-0.25, -0.2) is 0 Å². The van der Waals surface area contributed by atoms with E-state index in [1.807, 2.05) is 24.3 Å². The van der Waals surface area contributed by atoms with Crippen molar-refractivity contribution in [3.63, 3.8) is 0 Å². The van der Waals surface area contributed by atoms with Crippen LogP contribution in [0.25, 0.3) is 0 Å². The first kappa shape index (κ1) is 21.7. The molecule has 150 valence electrons. The Labute approximate surface area is 171 Å². The number of methoxy groups -OCH3 is 1. The summed E-state index contributed by atoms with van der Waals surface area (Å²) in [6, 6.07) is 14.5. The molecule has 0 fully saturated rings. The lowest BCUT2D eigenvalue weighted by atomic mass is 10.2. The molecule has 2 N–H and O–H groups in total. The van der Waals surface area contributed by atoms with Gasteiger partial charge in [0, 0.05) is 7.11 Å². The smallest absolute Gasteiger partial charge is 0.261 e. The van der Waals surface area contributed by atoms with E-state index in [4.69, 9.17) is 26.4 Å². The van der Waals surface area contributed by atoms with Gasteiger partial charge in [-0.1, -0.05) is 37.6 Å². The van der Waals surface area contributed by atoms with Gasteiger partial charge in [0.25, 0.3) is 5.91 Å². The number of nitrogens with one attached hydrogen (secondary N) is 2. The molecule has 2 aromatic carbocycles. The fourth-order valence-electron chi connectivity index (χ4n) is 2.36. The monoisotopic (exact) mass is 402 g/mol. The SMILES string of the molecule is CCCCOc1ccccc1NC(=S)NC(=O)c1ccccc1OCCOC. The number of carbonyl (C=O) groups excluding carboxylic acids is 1. The summed E-state index contributed by atoms with van der Waals surface area (Å²) < 4.78 is 16.4. The second-order valence-corrected chi connectivity index (χ2v) is 6.35. The molecular formula is C21H26N2O4S. The van der Waals surface area contributed by atoms with E-state index in [1.165, 1.54) is 0 Å². The zero-order valence-electron chi connectivity index (χ0n) is 16.2. The summed E-state index contributed by atoms with van der Waals surface area (Å²) in [4.78, 5) is 12.6. The highest BCUT2D eigenvalue weighted by Crippen LogP contribution is 2.24. The van der Waals surface area contributed by atoms with Gasteiger partial charge in [0.15, 0.2) is 5.11 Å². The Hall–Kier alpha value is -2.64. The van der Waals surface area contributed by atoms with Crippen LogP contribution in [0.5, 0.6) is 11.5 Å². The van der Waals surface area contributed by atoms with Gasteiger partial charge in [0.1, 0.15) is 18.1 Å². The third kappa shape index (κ3) is 6.83. The lowest BCUT2D eigenvalue weighted by Gasteiger charge is -2.15. The van der Waals surface area contributed by atoms with Crippen molar-refractivity contribution < 1.29 is 19.0 Å². The lowest BCUT2D eigenvalue weighted by molar-refractivity contribution is 0.0970. The van der Waals surface area contributed by atoms with Gasteiger partial charge in [-0.15, -0.1) is 0 Å². The Bertz CT molecular complexity index is 783. The van der Waals surface area contributed by atoms with Crippen molar-refractivity contribution in [3.05, 3.63) is 54.1 Å². The molecule has 0 saturated carbocycles. The fraction of sp³-hybridized carbons (Fsp3) is 0.333. The number of benzene rings is 2. The minimum absolute atomic E-state index is 0.184. The van der Waals surface area contributed by atoms with Crippen LogP contribution in [-0.2, 0) is 4.74 Å². The molecule has 2 rings (SSSR count). The van der Waals surface area contributed by atoms with E-state index in [1.54, 1.807) is 31.4 Å². The number of amides is 1. The summed E-state index contributed by atoms with van der Waals surface area (Å²) in [6.45, 7) is 3.52. The Balaban J connectivity index is 1.99. The average molecular weight is 403 g/mol. The summed E-state index contributed by atoms with van der Waals surface area (Å²) in [5.41, 5.74) is 1.10. The maximum atomic E-state index is 12.6. The molecule has 1 amide bonds. The van der Waals surface area contributed by atoms with Crippen molar-refractivity contribution in [1.29, 1.82) is 0 Å². The predicted molar refractivity (Wildman–Crippen MR) is 114 cm³/mol. The summed E-state index contributed by atoms with van der Waals surface area (Å²) in [5, 5.41) is 5.89. The van der Waals surface area contributed by atoms with Crippen molar-refractivity contribution in [3.8, 4) is 11.5 Å². The van der Waals surface area contributed by atoms with Crippen molar-refractivity contribution >= 4 is 28.9 Å². The minimum atomic E-state index is -0.352. The molecule has 0 aromatic heterocycles. The molecule has 7 heteroatoms. The first-order valence-corrected chi connectivity index (χ1v) is 9.61. The number of anilines is 1. The third-order valence-electron chi connectivity index (χ3n) is 3.79. The van der Waals surface area contributed by atoms with Gasteiger partial charge in [0.05, 0.1) is 24.5 Å². The number of thiocarbonyl (C=S) groups is 1. The van der Waals surface area contributed by atoms with E-state index >= 15 is 0 Å². The molecule has 28 heavy (non-hydrogen) atoms. The van der Waals surface area contributed by atoms with Crippen LogP contribution in [0.1, 0.15) is 30.1 Å². The number of hydrogen-bond donors (Lipinski definition) is 2. The van der Waals surface area contributed by atoms with Gasteiger partial charge in [-0.3, -0.25) is 10.1 Å². The number of ether oxygens (including phenoxy) is 3. The average Bonchev–Trinajstić information content (AvgIpc) is 2.70. The molecule has 2 aromatic rings. The molecule has 0 saturated heterocycles. The van der Waals surface area contributed by atoms with Crippen molar-refractivity contribution in [1.82, 2.24) is 5.32 Å². The van der Waals surface area contributed by atoms with E-state index < -0.39 is 0 Å². The number of hydrogen-bond acceptors (Lipinski definition) is 5. The zero-order chi connectivity index (χ0) is 20.2. The van der Waals surface area contributed by atoms with Crippen molar-refractivity contribution in [2.45, 2.75) is 19.8 Å². The number of para-hydroxylation sites is 3. The predicted octanol–water partition coefficient (Wildman–Crippen LogP) is 4.02. The zero-order valence-corrected chi connectivity index (χ0v) is 17.0. The van der Waals surface area contributed by atoms with Gasteiger partial charge in [0.2, 0.25) is 0 Å². The Morgan fingerprint density at radius 2 is 1.64 bits per heavy atom. The van der Waals surface area contributed by atoms with Crippen LogP contribution < -0.4 is 20.1 Å². The Morgan fingerprint density at radius 3 is 2.39 bits per heavy atom. The maximum Gasteiger partial charge on any atom is 0.261 e. The third-order valence-corrected chi connectivity index (χ3v) is 4.00.